The fourth-order valence-corrected chi connectivity index (χ4v) is 12.1. The van der Waals surface area contributed by atoms with Crippen molar-refractivity contribution in [2.45, 2.75) is 39.3 Å². The predicted molar refractivity (Wildman–Crippen MR) is 91.9 cm³/mol. The van der Waals surface area contributed by atoms with Gasteiger partial charge in [0, 0.05) is 4.48 Å². The summed E-state index contributed by atoms with van der Waals surface area (Å²) >= 11 is 3.74. The number of nitrogens with zero attached hydrogens (tertiary/aromatic N) is 1. The molecule has 0 aliphatic heterocycles. The maximum absolute atomic E-state index is 3.74. The zero-order chi connectivity index (χ0) is 14.0. The van der Waals surface area contributed by atoms with Gasteiger partial charge in [-0.05, 0) is 27.7 Å². The minimum Gasteiger partial charge on any atom is -0.430 e. The number of hydrogen-bond donors (Lipinski definition) is 0. The fraction of sp³-hybridized carbons (Fsp3) is 0.429. The molecule has 0 fully saturated rings. The summed E-state index contributed by atoms with van der Waals surface area (Å²) in [5.74, 6) is 0. The molecule has 0 spiro atoms. The van der Waals surface area contributed by atoms with E-state index in [9.17, 15) is 0 Å². The molecule has 0 saturated heterocycles. The van der Waals surface area contributed by atoms with Crippen LogP contribution in [0.3, 0.4) is 0 Å². The van der Waals surface area contributed by atoms with E-state index < -0.39 is 16.5 Å². The second kappa shape index (κ2) is 5.76. The fourth-order valence-electron chi connectivity index (χ4n) is 2.18. The maximum Gasteiger partial charge on any atom is 0.138 e. The van der Waals surface area contributed by atoms with Gasteiger partial charge in [0.2, 0.25) is 0 Å². The van der Waals surface area contributed by atoms with Crippen molar-refractivity contribution in [2.75, 3.05) is 0 Å². The monoisotopic (exact) mass is 341 g/mol. The number of rotatable bonds is 4. The molecule has 0 aliphatic rings. The Kier molecular flexibility index (Phi) is 5.03. The van der Waals surface area contributed by atoms with Gasteiger partial charge >= 0.3 is 0 Å². The van der Waals surface area contributed by atoms with Crippen molar-refractivity contribution >= 4 is 36.9 Å². The minimum atomic E-state index is -1.33. The molecule has 100 valence electrons. The molecule has 1 aromatic carbocycles. The smallest absolute Gasteiger partial charge is 0.138 e. The highest BCUT2D eigenvalue weighted by Gasteiger charge is 2.32. The van der Waals surface area contributed by atoms with Crippen molar-refractivity contribution in [1.82, 2.24) is 4.23 Å². The largest absolute Gasteiger partial charge is 0.430 e. The molecule has 0 amide bonds. The van der Waals surface area contributed by atoms with Gasteiger partial charge in [0.05, 0.1) is 0 Å². The molecule has 18 heavy (non-hydrogen) atoms. The lowest BCUT2D eigenvalue weighted by Gasteiger charge is -2.43. The Morgan fingerprint density at radius 2 is 1.39 bits per heavy atom. The average molecular weight is 342 g/mol. The van der Waals surface area contributed by atoms with E-state index in [2.05, 4.69) is 96.0 Å². The van der Waals surface area contributed by atoms with Crippen LogP contribution in [-0.2, 0) is 0 Å². The quantitative estimate of drug-likeness (QED) is 0.667. The Morgan fingerprint density at radius 3 is 1.78 bits per heavy atom. The first-order chi connectivity index (χ1) is 8.12. The van der Waals surface area contributed by atoms with Crippen LogP contribution < -0.4 is 0 Å². The van der Waals surface area contributed by atoms with Gasteiger partial charge in [0.15, 0.2) is 0 Å². The molecule has 1 aromatic rings. The molecule has 1 nitrogen and oxygen atoms in total. The van der Waals surface area contributed by atoms with Crippen LogP contribution in [-0.4, -0.2) is 20.7 Å². The summed E-state index contributed by atoms with van der Waals surface area (Å²) in [6.07, 6.45) is 2.33. The molecule has 0 radical (unpaired) electrons. The third-order valence-corrected chi connectivity index (χ3v) is 10.6. The third-order valence-electron chi connectivity index (χ3n) is 2.74. The SMILES string of the molecule is C[Si](C)(C)N(/C=C(/Br)c1ccccc1)[Si](C)(C)C. The lowest BCUT2D eigenvalue weighted by molar-refractivity contribution is 0.836. The van der Waals surface area contributed by atoms with Crippen LogP contribution in [0, 0.1) is 0 Å². The van der Waals surface area contributed by atoms with E-state index in [1.807, 2.05) is 0 Å². The maximum atomic E-state index is 3.74. The van der Waals surface area contributed by atoms with Crippen LogP contribution in [0.4, 0.5) is 0 Å². The normalized spacial score (nSPS) is 13.6. The summed E-state index contributed by atoms with van der Waals surface area (Å²) < 4.78 is 3.85. The number of halogens is 1. The summed E-state index contributed by atoms with van der Waals surface area (Å²) in [5, 5.41) is 0. The van der Waals surface area contributed by atoms with Crippen molar-refractivity contribution in [1.29, 1.82) is 0 Å². The highest BCUT2D eigenvalue weighted by atomic mass is 79.9. The van der Waals surface area contributed by atoms with Gasteiger partial charge in [-0.3, -0.25) is 0 Å². The van der Waals surface area contributed by atoms with E-state index in [0.717, 1.165) is 0 Å². The number of hydrogen-bond acceptors (Lipinski definition) is 1. The van der Waals surface area contributed by atoms with Crippen molar-refractivity contribution in [3.05, 3.63) is 42.1 Å². The van der Waals surface area contributed by atoms with Crippen LogP contribution in [0.25, 0.3) is 4.48 Å². The average Bonchev–Trinajstić information content (AvgIpc) is 2.23. The molecule has 0 bridgehead atoms. The summed E-state index contributed by atoms with van der Waals surface area (Å²) in [6, 6.07) is 10.5. The molecule has 0 atom stereocenters. The lowest BCUT2D eigenvalue weighted by Crippen LogP contribution is -2.55. The molecule has 0 saturated carbocycles. The molecular weight excluding hydrogens is 318 g/mol. The summed E-state index contributed by atoms with van der Waals surface area (Å²) in [4.78, 5) is 0. The van der Waals surface area contributed by atoms with Crippen molar-refractivity contribution < 1.29 is 0 Å². The van der Waals surface area contributed by atoms with Crippen LogP contribution in [0.5, 0.6) is 0 Å². The topological polar surface area (TPSA) is 3.24 Å². The van der Waals surface area contributed by atoms with Gasteiger partial charge in [-0.1, -0.05) is 69.6 Å². The Balaban J connectivity index is 3.11. The van der Waals surface area contributed by atoms with Crippen molar-refractivity contribution in [3.8, 4) is 0 Å². The molecule has 0 heterocycles. The predicted octanol–water partition coefficient (Wildman–Crippen LogP) is 5.35. The van der Waals surface area contributed by atoms with Crippen LogP contribution >= 0.6 is 15.9 Å². The van der Waals surface area contributed by atoms with E-state index >= 15 is 0 Å². The Morgan fingerprint density at radius 1 is 0.944 bits per heavy atom. The van der Waals surface area contributed by atoms with E-state index in [0.29, 0.717) is 0 Å². The van der Waals surface area contributed by atoms with Crippen molar-refractivity contribution in [3.63, 3.8) is 0 Å². The third kappa shape index (κ3) is 4.41. The highest BCUT2D eigenvalue weighted by molar-refractivity contribution is 9.15. The Labute approximate surface area is 122 Å². The molecule has 1 rings (SSSR count). The molecule has 0 N–H and O–H groups in total. The Hall–Kier alpha value is -0.326. The standard InChI is InChI=1S/C14H24BrNSi2/c1-17(2,3)16(18(4,5)6)12-14(15)13-10-8-7-9-11-13/h7-12H,1-6H3/b14-12+. The van der Waals surface area contributed by atoms with Crippen LogP contribution in [0.2, 0.25) is 39.3 Å². The van der Waals surface area contributed by atoms with Gasteiger partial charge in [-0.2, -0.15) is 0 Å². The summed E-state index contributed by atoms with van der Waals surface area (Å²) in [6.45, 7) is 14.5. The molecular formula is C14H24BrNSi2. The van der Waals surface area contributed by atoms with E-state index in [1.54, 1.807) is 0 Å². The van der Waals surface area contributed by atoms with Crippen LogP contribution in [0.1, 0.15) is 5.56 Å². The first-order valence-corrected chi connectivity index (χ1v) is 14.0. The van der Waals surface area contributed by atoms with Gasteiger partial charge in [-0.15, -0.1) is 0 Å². The number of benzene rings is 1. The van der Waals surface area contributed by atoms with E-state index in [4.69, 9.17) is 0 Å². The second-order valence-corrected chi connectivity index (χ2v) is 17.5. The van der Waals surface area contributed by atoms with Crippen LogP contribution in [0.15, 0.2) is 36.5 Å². The molecule has 0 aliphatic carbocycles. The highest BCUT2D eigenvalue weighted by Crippen LogP contribution is 2.27. The zero-order valence-electron chi connectivity index (χ0n) is 12.3. The van der Waals surface area contributed by atoms with Gasteiger partial charge < -0.3 is 4.23 Å². The Bertz CT molecular complexity index is 402. The minimum absolute atomic E-state index is 1.19. The van der Waals surface area contributed by atoms with E-state index in [-0.39, 0.29) is 0 Å². The molecule has 0 aromatic heterocycles. The van der Waals surface area contributed by atoms with E-state index in [1.165, 1.54) is 10.0 Å². The first kappa shape index (κ1) is 15.7. The summed E-state index contributed by atoms with van der Waals surface area (Å²) in [7, 11) is -2.66. The van der Waals surface area contributed by atoms with Gasteiger partial charge in [0.1, 0.15) is 16.5 Å². The molecule has 0 unspecified atom stereocenters. The van der Waals surface area contributed by atoms with Crippen molar-refractivity contribution in [2.24, 2.45) is 0 Å². The second-order valence-electron chi connectivity index (χ2n) is 6.55. The van der Waals surface area contributed by atoms with Gasteiger partial charge in [0.25, 0.3) is 0 Å². The first-order valence-electron chi connectivity index (χ1n) is 6.34. The molecule has 4 heteroatoms. The zero-order valence-corrected chi connectivity index (χ0v) is 15.9. The lowest BCUT2D eigenvalue weighted by atomic mass is 10.2. The summed E-state index contributed by atoms with van der Waals surface area (Å²) in [5.41, 5.74) is 1.25. The van der Waals surface area contributed by atoms with Gasteiger partial charge in [-0.25, -0.2) is 0 Å².